The van der Waals surface area contributed by atoms with Crippen LogP contribution in [0.4, 0.5) is 0 Å². The Bertz CT molecular complexity index is 767. The number of benzene rings is 1. The first-order valence-electron chi connectivity index (χ1n) is 8.23. The summed E-state index contributed by atoms with van der Waals surface area (Å²) in [5.74, 6) is 0.320. The van der Waals surface area contributed by atoms with Crippen LogP contribution < -0.4 is 0 Å². The molecule has 0 spiro atoms. The number of nitrogens with zero attached hydrogens (tertiary/aromatic N) is 2. The molecular formula is C18H21N3O2. The number of H-pyrrole nitrogens is 1. The average molecular weight is 311 g/mol. The molecule has 2 heterocycles. The van der Waals surface area contributed by atoms with E-state index in [-0.39, 0.29) is 17.2 Å². The Morgan fingerprint density at radius 2 is 1.70 bits per heavy atom. The number of piperazine rings is 1. The fourth-order valence-electron chi connectivity index (χ4n) is 3.72. The molecule has 2 amide bonds. The lowest BCUT2D eigenvalue weighted by molar-refractivity contribution is -0.140. The molecule has 1 aromatic carbocycles. The fourth-order valence-corrected chi connectivity index (χ4v) is 3.72. The van der Waals surface area contributed by atoms with Gasteiger partial charge in [0.2, 0.25) is 11.8 Å². The number of carbonyl (C=O) groups is 2. The van der Waals surface area contributed by atoms with Gasteiger partial charge < -0.3 is 14.8 Å². The number of nitrogens with one attached hydrogen (secondary N) is 1. The monoisotopic (exact) mass is 311 g/mol. The Morgan fingerprint density at radius 3 is 2.35 bits per heavy atom. The van der Waals surface area contributed by atoms with Gasteiger partial charge in [0.1, 0.15) is 0 Å². The van der Waals surface area contributed by atoms with Crippen LogP contribution >= 0.6 is 0 Å². The number of fused-ring (bicyclic) bond motifs is 1. The summed E-state index contributed by atoms with van der Waals surface area (Å²) >= 11 is 0. The molecule has 120 valence electrons. The largest absolute Gasteiger partial charge is 0.361 e. The molecule has 1 aliphatic carbocycles. The molecule has 0 bridgehead atoms. The first kappa shape index (κ1) is 14.3. The molecule has 2 aliphatic rings. The van der Waals surface area contributed by atoms with Gasteiger partial charge in [-0.3, -0.25) is 9.59 Å². The van der Waals surface area contributed by atoms with Crippen LogP contribution in [0.15, 0.2) is 30.5 Å². The highest BCUT2D eigenvalue weighted by molar-refractivity contribution is 5.97. The molecule has 0 unspecified atom stereocenters. The number of amides is 2. The van der Waals surface area contributed by atoms with Gasteiger partial charge in [-0.25, -0.2) is 0 Å². The van der Waals surface area contributed by atoms with Crippen molar-refractivity contribution < 1.29 is 9.59 Å². The van der Waals surface area contributed by atoms with Gasteiger partial charge in [0, 0.05) is 50.2 Å². The van der Waals surface area contributed by atoms with E-state index in [0.717, 1.165) is 29.3 Å². The van der Waals surface area contributed by atoms with Crippen LogP contribution in [0.5, 0.6) is 0 Å². The predicted molar refractivity (Wildman–Crippen MR) is 88.0 cm³/mol. The first-order valence-corrected chi connectivity index (χ1v) is 8.23. The standard InChI is InChI=1S/C18H21N3O2/c1-13(22)20-8-10-21(11-9-20)17(23)18(6-7-18)15-12-19-16-5-3-2-4-14(15)16/h2-5,12,19H,6-11H2,1H3. The Balaban J connectivity index is 1.58. The summed E-state index contributed by atoms with van der Waals surface area (Å²) in [6.45, 7) is 4.16. The second-order valence-electron chi connectivity index (χ2n) is 6.63. The Labute approximate surface area is 135 Å². The van der Waals surface area contributed by atoms with Crippen molar-refractivity contribution in [3.8, 4) is 0 Å². The molecule has 2 aromatic rings. The predicted octanol–water partition coefficient (Wildman–Crippen LogP) is 1.89. The maximum atomic E-state index is 13.1. The smallest absolute Gasteiger partial charge is 0.233 e. The van der Waals surface area contributed by atoms with Gasteiger partial charge in [-0.05, 0) is 24.5 Å². The zero-order chi connectivity index (χ0) is 16.0. The summed E-state index contributed by atoms with van der Waals surface area (Å²) in [7, 11) is 0. The van der Waals surface area contributed by atoms with E-state index in [1.807, 2.05) is 34.2 Å². The minimum Gasteiger partial charge on any atom is -0.361 e. The molecule has 0 radical (unpaired) electrons. The quantitative estimate of drug-likeness (QED) is 0.921. The van der Waals surface area contributed by atoms with Gasteiger partial charge in [-0.15, -0.1) is 0 Å². The molecule has 4 rings (SSSR count). The SMILES string of the molecule is CC(=O)N1CCN(C(=O)C2(c3c[nH]c4ccccc34)CC2)CC1. The molecule has 5 heteroatoms. The third-order valence-corrected chi connectivity index (χ3v) is 5.28. The lowest BCUT2D eigenvalue weighted by atomic mass is 9.93. The van der Waals surface area contributed by atoms with Crippen molar-refractivity contribution in [2.75, 3.05) is 26.2 Å². The number of rotatable bonds is 2. The van der Waals surface area contributed by atoms with E-state index in [9.17, 15) is 9.59 Å². The number of para-hydroxylation sites is 1. The second kappa shape index (κ2) is 5.11. The van der Waals surface area contributed by atoms with Crippen LogP contribution in [-0.2, 0) is 15.0 Å². The molecule has 5 nitrogen and oxygen atoms in total. The summed E-state index contributed by atoms with van der Waals surface area (Å²) in [5.41, 5.74) is 1.87. The molecule has 23 heavy (non-hydrogen) atoms. The third kappa shape index (κ3) is 2.22. The average Bonchev–Trinajstić information content (AvgIpc) is 3.27. The maximum absolute atomic E-state index is 13.1. The number of carbonyl (C=O) groups excluding carboxylic acids is 2. The van der Waals surface area contributed by atoms with Crippen LogP contribution in [0.2, 0.25) is 0 Å². The van der Waals surface area contributed by atoms with Crippen LogP contribution in [-0.4, -0.2) is 52.8 Å². The van der Waals surface area contributed by atoms with E-state index in [0.29, 0.717) is 26.2 Å². The van der Waals surface area contributed by atoms with Gasteiger partial charge in [0.25, 0.3) is 0 Å². The van der Waals surface area contributed by atoms with Gasteiger partial charge >= 0.3 is 0 Å². The molecule has 1 saturated heterocycles. The Morgan fingerprint density at radius 1 is 1.04 bits per heavy atom. The summed E-state index contributed by atoms with van der Waals surface area (Å²) in [6.07, 6.45) is 3.84. The summed E-state index contributed by atoms with van der Waals surface area (Å²) in [6, 6.07) is 8.16. The summed E-state index contributed by atoms with van der Waals surface area (Å²) in [5, 5.41) is 1.15. The second-order valence-corrected chi connectivity index (χ2v) is 6.63. The molecular weight excluding hydrogens is 290 g/mol. The Kier molecular flexibility index (Phi) is 3.18. The molecule has 2 fully saturated rings. The highest BCUT2D eigenvalue weighted by atomic mass is 16.2. The van der Waals surface area contributed by atoms with Crippen molar-refractivity contribution in [1.82, 2.24) is 14.8 Å². The lowest BCUT2D eigenvalue weighted by Gasteiger charge is -2.36. The van der Waals surface area contributed by atoms with Crippen LogP contribution in [0.3, 0.4) is 0 Å². The number of aromatic amines is 1. The van der Waals surface area contributed by atoms with E-state index < -0.39 is 0 Å². The van der Waals surface area contributed by atoms with Crippen molar-refractivity contribution >= 4 is 22.7 Å². The minimum atomic E-state index is -0.349. The highest BCUT2D eigenvalue weighted by Crippen LogP contribution is 2.51. The van der Waals surface area contributed by atoms with Crippen molar-refractivity contribution in [2.45, 2.75) is 25.2 Å². The number of aromatic nitrogens is 1. The maximum Gasteiger partial charge on any atom is 0.233 e. The minimum absolute atomic E-state index is 0.0925. The van der Waals surface area contributed by atoms with E-state index in [1.165, 1.54) is 0 Å². The summed E-state index contributed by atoms with van der Waals surface area (Å²) in [4.78, 5) is 31.6. The topological polar surface area (TPSA) is 56.4 Å². The highest BCUT2D eigenvalue weighted by Gasteiger charge is 2.54. The molecule has 1 N–H and O–H groups in total. The van der Waals surface area contributed by atoms with E-state index in [2.05, 4.69) is 11.1 Å². The van der Waals surface area contributed by atoms with Gasteiger partial charge in [-0.1, -0.05) is 18.2 Å². The van der Waals surface area contributed by atoms with E-state index >= 15 is 0 Å². The summed E-state index contributed by atoms with van der Waals surface area (Å²) < 4.78 is 0. The molecule has 1 aromatic heterocycles. The third-order valence-electron chi connectivity index (χ3n) is 5.28. The van der Waals surface area contributed by atoms with Crippen molar-refractivity contribution in [1.29, 1.82) is 0 Å². The number of hydrogen-bond donors (Lipinski definition) is 1. The molecule has 0 atom stereocenters. The zero-order valence-electron chi connectivity index (χ0n) is 13.3. The molecule has 1 saturated carbocycles. The van der Waals surface area contributed by atoms with Gasteiger partial charge in [0.05, 0.1) is 5.41 Å². The van der Waals surface area contributed by atoms with Crippen molar-refractivity contribution in [3.63, 3.8) is 0 Å². The van der Waals surface area contributed by atoms with Crippen LogP contribution in [0, 0.1) is 0 Å². The van der Waals surface area contributed by atoms with E-state index in [1.54, 1.807) is 6.92 Å². The van der Waals surface area contributed by atoms with Crippen molar-refractivity contribution in [3.05, 3.63) is 36.0 Å². The number of hydrogen-bond acceptors (Lipinski definition) is 2. The lowest BCUT2D eigenvalue weighted by Crippen LogP contribution is -2.52. The normalized spacial score (nSPS) is 19.9. The zero-order valence-corrected chi connectivity index (χ0v) is 13.3. The fraction of sp³-hybridized carbons (Fsp3) is 0.444. The van der Waals surface area contributed by atoms with Crippen molar-refractivity contribution in [2.24, 2.45) is 0 Å². The van der Waals surface area contributed by atoms with E-state index in [4.69, 9.17) is 0 Å². The first-order chi connectivity index (χ1) is 11.1. The van der Waals surface area contributed by atoms with Crippen LogP contribution in [0.25, 0.3) is 10.9 Å². The van der Waals surface area contributed by atoms with Gasteiger partial charge in [0.15, 0.2) is 0 Å². The Hall–Kier alpha value is -2.30. The molecule has 1 aliphatic heterocycles. The van der Waals surface area contributed by atoms with Crippen LogP contribution in [0.1, 0.15) is 25.3 Å². The van der Waals surface area contributed by atoms with Gasteiger partial charge in [-0.2, -0.15) is 0 Å².